The lowest BCUT2D eigenvalue weighted by Crippen LogP contribution is -2.45. The normalized spacial score (nSPS) is 13.8. The van der Waals surface area contributed by atoms with Crippen molar-refractivity contribution in [3.8, 4) is 0 Å². The van der Waals surface area contributed by atoms with Crippen molar-refractivity contribution in [3.05, 3.63) is 60.2 Å². The number of ether oxygens (including phenoxy) is 1. The van der Waals surface area contributed by atoms with Crippen LogP contribution < -0.4 is 5.32 Å². The molecule has 0 aliphatic carbocycles. The van der Waals surface area contributed by atoms with E-state index in [9.17, 15) is 14.7 Å². The van der Waals surface area contributed by atoms with Crippen LogP contribution in [0.1, 0.15) is 57.6 Å². The van der Waals surface area contributed by atoms with Gasteiger partial charge in [-0.15, -0.1) is 0 Å². The van der Waals surface area contributed by atoms with Gasteiger partial charge >= 0.3 is 5.97 Å². The van der Waals surface area contributed by atoms with Crippen molar-refractivity contribution in [3.63, 3.8) is 0 Å². The Balaban J connectivity index is 2.47. The maximum atomic E-state index is 12.1. The second-order valence-electron chi connectivity index (χ2n) is 7.18. The van der Waals surface area contributed by atoms with Crippen molar-refractivity contribution in [2.24, 2.45) is 5.92 Å². The number of aliphatic hydroxyl groups is 1. The SMILES string of the molecule is COC(=O)[C@@H](NC(=O)/C=C/C=C/CCCCCC(C)C)[C@H](O)c1ccccc1. The van der Waals surface area contributed by atoms with Gasteiger partial charge in [0, 0.05) is 6.08 Å². The minimum Gasteiger partial charge on any atom is -0.467 e. The van der Waals surface area contributed by atoms with Gasteiger partial charge in [0.2, 0.25) is 5.91 Å². The maximum Gasteiger partial charge on any atom is 0.331 e. The van der Waals surface area contributed by atoms with Gasteiger partial charge in [0.1, 0.15) is 6.10 Å². The molecule has 0 saturated heterocycles. The average Bonchev–Trinajstić information content (AvgIpc) is 2.70. The number of allylic oxidation sites excluding steroid dienone is 3. The maximum absolute atomic E-state index is 12.1. The van der Waals surface area contributed by atoms with E-state index >= 15 is 0 Å². The van der Waals surface area contributed by atoms with Crippen LogP contribution in [0.3, 0.4) is 0 Å². The van der Waals surface area contributed by atoms with Gasteiger partial charge in [0.25, 0.3) is 0 Å². The standard InChI is InChI=1S/C23H33NO4/c1-18(2)14-10-7-5-4-6-8-13-17-20(25)24-21(23(27)28-3)22(26)19-15-11-9-12-16-19/h6,8-9,11-13,15-18,21-22,26H,4-5,7,10,14H2,1-3H3,(H,24,25)/b8-6+,17-13+/t21-,22+/m0/s1. The summed E-state index contributed by atoms with van der Waals surface area (Å²) < 4.78 is 4.71. The first-order valence-electron chi connectivity index (χ1n) is 9.90. The van der Waals surface area contributed by atoms with E-state index in [4.69, 9.17) is 4.74 Å². The lowest BCUT2D eigenvalue weighted by atomic mass is 10.0. The second kappa shape index (κ2) is 13.7. The van der Waals surface area contributed by atoms with E-state index in [0.717, 1.165) is 18.8 Å². The Hall–Kier alpha value is -2.40. The molecule has 5 nitrogen and oxygen atoms in total. The van der Waals surface area contributed by atoms with Crippen molar-refractivity contribution in [2.45, 2.75) is 58.1 Å². The van der Waals surface area contributed by atoms with Crippen molar-refractivity contribution in [2.75, 3.05) is 7.11 Å². The van der Waals surface area contributed by atoms with Gasteiger partial charge in [-0.1, -0.05) is 81.7 Å². The topological polar surface area (TPSA) is 75.6 Å². The van der Waals surface area contributed by atoms with Gasteiger partial charge in [-0.05, 0) is 24.3 Å². The van der Waals surface area contributed by atoms with Crippen LogP contribution in [0.4, 0.5) is 0 Å². The number of methoxy groups -OCH3 is 1. The van der Waals surface area contributed by atoms with Crippen LogP contribution in [-0.4, -0.2) is 30.1 Å². The van der Waals surface area contributed by atoms with Crippen LogP contribution in [0.25, 0.3) is 0 Å². The fourth-order valence-electron chi connectivity index (χ4n) is 2.75. The number of esters is 1. The minimum atomic E-state index is -1.19. The number of rotatable bonds is 12. The molecule has 0 aromatic heterocycles. The van der Waals surface area contributed by atoms with Crippen LogP contribution >= 0.6 is 0 Å². The van der Waals surface area contributed by atoms with Gasteiger partial charge in [-0.3, -0.25) is 4.79 Å². The van der Waals surface area contributed by atoms with Crippen LogP contribution in [0.15, 0.2) is 54.6 Å². The lowest BCUT2D eigenvalue weighted by molar-refractivity contribution is -0.148. The van der Waals surface area contributed by atoms with Gasteiger partial charge in [0.05, 0.1) is 7.11 Å². The first kappa shape index (κ1) is 23.6. The number of aliphatic hydroxyl groups excluding tert-OH is 1. The minimum absolute atomic E-state index is 0.466. The Morgan fingerprint density at radius 1 is 1.11 bits per heavy atom. The fourth-order valence-corrected chi connectivity index (χ4v) is 2.75. The molecule has 5 heteroatoms. The lowest BCUT2D eigenvalue weighted by Gasteiger charge is -2.21. The zero-order valence-electron chi connectivity index (χ0n) is 17.1. The molecule has 1 rings (SSSR count). The zero-order valence-corrected chi connectivity index (χ0v) is 17.1. The summed E-state index contributed by atoms with van der Waals surface area (Å²) in [6, 6.07) is 7.51. The quantitative estimate of drug-likeness (QED) is 0.245. The number of unbranched alkanes of at least 4 members (excludes halogenated alkanes) is 3. The van der Waals surface area contributed by atoms with Gasteiger partial charge in [-0.25, -0.2) is 4.79 Å². The number of amides is 1. The zero-order chi connectivity index (χ0) is 20.8. The van der Waals surface area contributed by atoms with Gasteiger partial charge < -0.3 is 15.2 Å². The van der Waals surface area contributed by atoms with E-state index in [-0.39, 0.29) is 0 Å². The molecule has 1 aromatic rings. The molecule has 0 spiro atoms. The highest BCUT2D eigenvalue weighted by Gasteiger charge is 2.29. The number of hydrogen-bond donors (Lipinski definition) is 2. The monoisotopic (exact) mass is 387 g/mol. The summed E-state index contributed by atoms with van der Waals surface area (Å²) in [5.74, 6) is -0.409. The number of carbonyl (C=O) groups is 2. The third kappa shape index (κ3) is 9.51. The fraction of sp³-hybridized carbons (Fsp3) is 0.478. The highest BCUT2D eigenvalue weighted by atomic mass is 16.5. The molecule has 28 heavy (non-hydrogen) atoms. The molecule has 154 valence electrons. The number of carbonyl (C=O) groups excluding carboxylic acids is 2. The summed E-state index contributed by atoms with van der Waals surface area (Å²) >= 11 is 0. The molecule has 0 saturated carbocycles. The molecule has 0 aliphatic heterocycles. The second-order valence-corrected chi connectivity index (χ2v) is 7.18. The summed E-state index contributed by atoms with van der Waals surface area (Å²) in [4.78, 5) is 24.1. The smallest absolute Gasteiger partial charge is 0.331 e. The Morgan fingerprint density at radius 3 is 2.46 bits per heavy atom. The Kier molecular flexibility index (Phi) is 11.6. The molecule has 1 aromatic carbocycles. The highest BCUT2D eigenvalue weighted by Crippen LogP contribution is 2.17. The molecular formula is C23H33NO4. The van der Waals surface area contributed by atoms with E-state index in [0.29, 0.717) is 5.56 Å². The van der Waals surface area contributed by atoms with Gasteiger partial charge in [-0.2, -0.15) is 0 Å². The van der Waals surface area contributed by atoms with Gasteiger partial charge in [0.15, 0.2) is 6.04 Å². The van der Waals surface area contributed by atoms with E-state index in [1.807, 2.05) is 12.2 Å². The predicted octanol–water partition coefficient (Wildman–Crippen LogP) is 4.10. The molecule has 0 unspecified atom stereocenters. The van der Waals surface area contributed by atoms with Crippen LogP contribution in [-0.2, 0) is 14.3 Å². The van der Waals surface area contributed by atoms with Crippen molar-refractivity contribution >= 4 is 11.9 Å². The molecule has 0 aliphatic rings. The third-order valence-electron chi connectivity index (χ3n) is 4.36. The molecule has 1 amide bonds. The van der Waals surface area contributed by atoms with E-state index in [2.05, 4.69) is 19.2 Å². The van der Waals surface area contributed by atoms with Crippen LogP contribution in [0.2, 0.25) is 0 Å². The number of hydrogen-bond acceptors (Lipinski definition) is 4. The summed E-state index contributed by atoms with van der Waals surface area (Å²) in [5.41, 5.74) is 0.527. The van der Waals surface area contributed by atoms with E-state index < -0.39 is 24.0 Å². The Labute approximate surface area is 168 Å². The van der Waals surface area contributed by atoms with Crippen molar-refractivity contribution in [1.29, 1.82) is 0 Å². The summed E-state index contributed by atoms with van der Waals surface area (Å²) in [7, 11) is 1.22. The molecule has 0 radical (unpaired) electrons. The number of nitrogens with one attached hydrogen (secondary N) is 1. The predicted molar refractivity (Wildman–Crippen MR) is 112 cm³/mol. The summed E-state index contributed by atoms with van der Waals surface area (Å²) in [5, 5.41) is 12.9. The summed E-state index contributed by atoms with van der Waals surface area (Å²) in [6.07, 6.45) is 11.5. The van der Waals surface area contributed by atoms with E-state index in [1.54, 1.807) is 36.4 Å². The Bertz CT molecular complexity index is 637. The first-order valence-corrected chi connectivity index (χ1v) is 9.90. The largest absolute Gasteiger partial charge is 0.467 e. The van der Waals surface area contributed by atoms with Crippen molar-refractivity contribution in [1.82, 2.24) is 5.32 Å². The molecular weight excluding hydrogens is 354 g/mol. The molecule has 2 atom stereocenters. The van der Waals surface area contributed by atoms with Crippen molar-refractivity contribution < 1.29 is 19.4 Å². The highest BCUT2D eigenvalue weighted by molar-refractivity contribution is 5.92. The molecule has 0 bridgehead atoms. The van der Waals surface area contributed by atoms with E-state index in [1.165, 1.54) is 32.4 Å². The number of benzene rings is 1. The first-order chi connectivity index (χ1) is 13.5. The van der Waals surface area contributed by atoms with Crippen LogP contribution in [0.5, 0.6) is 0 Å². The Morgan fingerprint density at radius 2 is 1.82 bits per heavy atom. The third-order valence-corrected chi connectivity index (χ3v) is 4.36. The molecule has 0 heterocycles. The summed E-state index contributed by atoms with van der Waals surface area (Å²) in [6.45, 7) is 4.47. The average molecular weight is 388 g/mol. The molecule has 2 N–H and O–H groups in total. The van der Waals surface area contributed by atoms with Crippen LogP contribution in [0, 0.1) is 5.92 Å². The molecule has 0 fully saturated rings.